The van der Waals surface area contributed by atoms with Gasteiger partial charge < -0.3 is 10.1 Å². The van der Waals surface area contributed by atoms with E-state index >= 15 is 0 Å². The lowest BCUT2D eigenvalue weighted by atomic mass is 10.3. The molecule has 0 amide bonds. The number of halogens is 1. The van der Waals surface area contributed by atoms with Crippen LogP contribution >= 0.6 is 12.4 Å². The highest BCUT2D eigenvalue weighted by atomic mass is 35.5. The summed E-state index contributed by atoms with van der Waals surface area (Å²) in [7, 11) is 0. The lowest BCUT2D eigenvalue weighted by Gasteiger charge is -2.10. The molecule has 1 aliphatic heterocycles. The summed E-state index contributed by atoms with van der Waals surface area (Å²) >= 11 is 0. The lowest BCUT2D eigenvalue weighted by Crippen LogP contribution is -2.19. The number of aromatic nitrogens is 1. The maximum Gasteiger partial charge on any atom is 0.213 e. The second-order valence-electron chi connectivity index (χ2n) is 2.90. The minimum atomic E-state index is 0. The van der Waals surface area contributed by atoms with Gasteiger partial charge in [0.25, 0.3) is 0 Å². The van der Waals surface area contributed by atoms with Gasteiger partial charge in [0.1, 0.15) is 6.10 Å². The molecule has 2 heterocycles. The number of nitrogens with one attached hydrogen (secondary N) is 1. The third-order valence-electron chi connectivity index (χ3n) is 1.94. The first kappa shape index (κ1) is 10.3. The molecule has 0 radical (unpaired) electrons. The van der Waals surface area contributed by atoms with E-state index in [-0.39, 0.29) is 12.4 Å². The molecule has 1 atom stereocenters. The summed E-state index contributed by atoms with van der Waals surface area (Å²) in [6, 6.07) is 5.71. The van der Waals surface area contributed by atoms with E-state index in [1.165, 1.54) is 0 Å². The predicted octanol–water partition coefficient (Wildman–Crippen LogP) is 1.24. The van der Waals surface area contributed by atoms with Crippen LogP contribution in [0.5, 0.6) is 5.88 Å². The van der Waals surface area contributed by atoms with Crippen LogP contribution in [0.4, 0.5) is 0 Å². The number of pyridine rings is 1. The summed E-state index contributed by atoms with van der Waals surface area (Å²) in [5, 5.41) is 3.24. The molecule has 1 saturated heterocycles. The van der Waals surface area contributed by atoms with Crippen molar-refractivity contribution >= 4 is 12.4 Å². The molecule has 1 aliphatic rings. The van der Waals surface area contributed by atoms with E-state index in [1.54, 1.807) is 6.20 Å². The fraction of sp³-hybridized carbons (Fsp3) is 0.444. The monoisotopic (exact) mass is 200 g/mol. The average Bonchev–Trinajstić information content (AvgIpc) is 2.59. The maximum absolute atomic E-state index is 5.60. The van der Waals surface area contributed by atoms with Crippen molar-refractivity contribution in [1.82, 2.24) is 10.3 Å². The highest BCUT2D eigenvalue weighted by Crippen LogP contribution is 2.10. The number of nitrogens with zero attached hydrogens (tertiary/aromatic N) is 1. The van der Waals surface area contributed by atoms with E-state index in [9.17, 15) is 0 Å². The van der Waals surface area contributed by atoms with Crippen LogP contribution < -0.4 is 10.1 Å². The molecular formula is C9H13ClN2O. The zero-order valence-electron chi connectivity index (χ0n) is 7.27. The zero-order chi connectivity index (χ0) is 8.23. The van der Waals surface area contributed by atoms with Crippen LogP contribution in [0.1, 0.15) is 6.42 Å². The van der Waals surface area contributed by atoms with Crippen LogP contribution in [0, 0.1) is 0 Å². The van der Waals surface area contributed by atoms with Crippen molar-refractivity contribution in [3.63, 3.8) is 0 Å². The second-order valence-corrected chi connectivity index (χ2v) is 2.90. The Morgan fingerprint density at radius 2 is 2.38 bits per heavy atom. The predicted molar refractivity (Wildman–Crippen MR) is 53.4 cm³/mol. The topological polar surface area (TPSA) is 34.1 Å². The van der Waals surface area contributed by atoms with Gasteiger partial charge in [-0.05, 0) is 19.0 Å². The Labute approximate surface area is 83.9 Å². The molecule has 2 rings (SSSR count). The Balaban J connectivity index is 0.000000845. The Morgan fingerprint density at radius 1 is 1.46 bits per heavy atom. The van der Waals surface area contributed by atoms with Crippen molar-refractivity contribution in [3.05, 3.63) is 24.4 Å². The van der Waals surface area contributed by atoms with Crippen molar-refractivity contribution in [2.45, 2.75) is 12.5 Å². The van der Waals surface area contributed by atoms with Crippen LogP contribution in [-0.2, 0) is 0 Å². The van der Waals surface area contributed by atoms with Crippen LogP contribution in [0.15, 0.2) is 24.4 Å². The molecule has 0 aliphatic carbocycles. The Hall–Kier alpha value is -0.800. The molecule has 0 bridgehead atoms. The van der Waals surface area contributed by atoms with E-state index in [4.69, 9.17) is 4.74 Å². The van der Waals surface area contributed by atoms with E-state index in [0.29, 0.717) is 6.10 Å². The molecule has 4 heteroatoms. The fourth-order valence-electron chi connectivity index (χ4n) is 1.32. The van der Waals surface area contributed by atoms with Gasteiger partial charge in [0.2, 0.25) is 5.88 Å². The molecular weight excluding hydrogens is 188 g/mol. The van der Waals surface area contributed by atoms with Crippen LogP contribution in [-0.4, -0.2) is 24.2 Å². The Bertz CT molecular complexity index is 237. The number of ether oxygens (including phenoxy) is 1. The lowest BCUT2D eigenvalue weighted by molar-refractivity contribution is 0.214. The van der Waals surface area contributed by atoms with E-state index in [0.717, 1.165) is 25.4 Å². The SMILES string of the molecule is Cl.c1ccc(OC2CCNC2)nc1. The highest BCUT2D eigenvalue weighted by molar-refractivity contribution is 5.85. The summed E-state index contributed by atoms with van der Waals surface area (Å²) in [4.78, 5) is 4.09. The number of hydrogen-bond acceptors (Lipinski definition) is 3. The van der Waals surface area contributed by atoms with Crippen LogP contribution in [0.2, 0.25) is 0 Å². The quantitative estimate of drug-likeness (QED) is 0.780. The van der Waals surface area contributed by atoms with Gasteiger partial charge in [0.05, 0.1) is 0 Å². The molecule has 3 nitrogen and oxygen atoms in total. The van der Waals surface area contributed by atoms with E-state index < -0.39 is 0 Å². The summed E-state index contributed by atoms with van der Waals surface area (Å²) in [6.45, 7) is 1.99. The molecule has 13 heavy (non-hydrogen) atoms. The van der Waals surface area contributed by atoms with Gasteiger partial charge in [-0.15, -0.1) is 12.4 Å². The second kappa shape index (κ2) is 5.04. The Kier molecular flexibility index (Phi) is 3.99. The van der Waals surface area contributed by atoms with Gasteiger partial charge >= 0.3 is 0 Å². The number of rotatable bonds is 2. The summed E-state index contributed by atoms with van der Waals surface area (Å²) in [5.41, 5.74) is 0. The molecule has 1 aromatic heterocycles. The third-order valence-corrected chi connectivity index (χ3v) is 1.94. The standard InChI is InChI=1S/C9H12N2O.ClH/c1-2-5-11-9(3-1)12-8-4-6-10-7-8;/h1-3,5,8,10H,4,6-7H2;1H. The molecule has 1 aromatic rings. The number of hydrogen-bond donors (Lipinski definition) is 1. The van der Waals surface area contributed by atoms with Crippen molar-refractivity contribution in [2.24, 2.45) is 0 Å². The van der Waals surface area contributed by atoms with Crippen molar-refractivity contribution in [1.29, 1.82) is 0 Å². The van der Waals surface area contributed by atoms with Gasteiger partial charge in [-0.25, -0.2) is 4.98 Å². The van der Waals surface area contributed by atoms with Crippen LogP contribution in [0.3, 0.4) is 0 Å². The molecule has 72 valence electrons. The van der Waals surface area contributed by atoms with Gasteiger partial charge in [-0.2, -0.15) is 0 Å². The molecule has 1 unspecified atom stereocenters. The molecule has 0 spiro atoms. The third kappa shape index (κ3) is 2.86. The summed E-state index contributed by atoms with van der Waals surface area (Å²) in [5.74, 6) is 0.728. The van der Waals surface area contributed by atoms with Gasteiger partial charge in [-0.3, -0.25) is 0 Å². The Morgan fingerprint density at radius 3 is 3.00 bits per heavy atom. The largest absolute Gasteiger partial charge is 0.473 e. The average molecular weight is 201 g/mol. The smallest absolute Gasteiger partial charge is 0.213 e. The summed E-state index contributed by atoms with van der Waals surface area (Å²) < 4.78 is 5.60. The van der Waals surface area contributed by atoms with Crippen molar-refractivity contribution < 1.29 is 4.74 Å². The molecule has 1 N–H and O–H groups in total. The zero-order valence-corrected chi connectivity index (χ0v) is 8.09. The first-order valence-electron chi connectivity index (χ1n) is 4.23. The highest BCUT2D eigenvalue weighted by Gasteiger charge is 2.15. The minimum absolute atomic E-state index is 0. The van der Waals surface area contributed by atoms with Gasteiger partial charge in [0.15, 0.2) is 0 Å². The fourth-order valence-corrected chi connectivity index (χ4v) is 1.32. The van der Waals surface area contributed by atoms with E-state index in [2.05, 4.69) is 10.3 Å². The maximum atomic E-state index is 5.60. The first-order valence-corrected chi connectivity index (χ1v) is 4.23. The van der Waals surface area contributed by atoms with Crippen molar-refractivity contribution in [2.75, 3.05) is 13.1 Å². The first-order chi connectivity index (χ1) is 5.95. The van der Waals surface area contributed by atoms with Crippen molar-refractivity contribution in [3.8, 4) is 5.88 Å². The summed E-state index contributed by atoms with van der Waals surface area (Å²) in [6.07, 6.45) is 3.13. The normalized spacial score (nSPS) is 20.8. The minimum Gasteiger partial charge on any atom is -0.473 e. The molecule has 1 fully saturated rings. The molecule has 0 saturated carbocycles. The van der Waals surface area contributed by atoms with E-state index in [1.807, 2.05) is 18.2 Å². The van der Waals surface area contributed by atoms with Gasteiger partial charge in [-0.1, -0.05) is 6.07 Å². The molecule has 0 aromatic carbocycles. The van der Waals surface area contributed by atoms with Gasteiger partial charge in [0, 0.05) is 18.8 Å². The van der Waals surface area contributed by atoms with Crippen LogP contribution in [0.25, 0.3) is 0 Å².